The number of alkyl halides is 1. The Balaban J connectivity index is 1.43. The maximum atomic E-state index is 14.6. The second kappa shape index (κ2) is 21.8. The van der Waals surface area contributed by atoms with Crippen molar-refractivity contribution in [3.8, 4) is 23.0 Å². The summed E-state index contributed by atoms with van der Waals surface area (Å²) in [5.41, 5.74) is 3.65. The van der Waals surface area contributed by atoms with Gasteiger partial charge >= 0.3 is 6.09 Å². The highest BCUT2D eigenvalue weighted by atomic mass is 35.5. The third-order valence-electron chi connectivity index (χ3n) is 12.3. The molecule has 16 heteroatoms. The number of hydrogen-bond acceptors (Lipinski definition) is 13. The van der Waals surface area contributed by atoms with Gasteiger partial charge in [0.1, 0.15) is 37.4 Å². The molecule has 0 saturated heterocycles. The van der Waals surface area contributed by atoms with Crippen molar-refractivity contribution in [2.45, 2.75) is 75.8 Å². The molecule has 0 radical (unpaired) electrons. The monoisotopic (exact) mass is 901 g/mol. The summed E-state index contributed by atoms with van der Waals surface area (Å²) >= 11 is 6.11. The molecule has 342 valence electrons. The van der Waals surface area contributed by atoms with E-state index in [-0.39, 0.29) is 82.1 Å². The van der Waals surface area contributed by atoms with Crippen molar-refractivity contribution in [2.24, 2.45) is 22.9 Å². The minimum atomic E-state index is -1.56. The van der Waals surface area contributed by atoms with Gasteiger partial charge in [0.2, 0.25) is 12.6 Å². The molecule has 3 aromatic rings. The normalized spacial score (nSPS) is 23.2. The number of nitro groups is 1. The van der Waals surface area contributed by atoms with Crippen LogP contribution in [0.1, 0.15) is 67.6 Å². The van der Waals surface area contributed by atoms with Gasteiger partial charge in [-0.25, -0.2) is 4.79 Å². The number of aliphatic hydroxyl groups is 2. The Labute approximate surface area is 378 Å². The third kappa shape index (κ3) is 10.2. The van der Waals surface area contributed by atoms with Gasteiger partial charge in [0.05, 0.1) is 29.0 Å². The standard InChI is InChI=1S/C48H56ClN3O12/c1-3-22-58-36-16-18-41-39(27-36)45-37(10-6-8-21-54)34(9-5-7-20-53)26-38-40(50-63-30-32-11-14-35(15-12-32)52(56)57)28-44(48(64-41,46(38)45)62-23-4-2)51(47(55)59-24-19-49)29-33-13-17-42-43(25-33)61-31-60-42/h3-4,11-18,25-27,34,37,44-46,53-54H,1-2,5-10,19-24,28-31H2/t34-,37+,44-,45+,46+,48+/m0/s1. The van der Waals surface area contributed by atoms with Crippen molar-refractivity contribution in [3.05, 3.63) is 124 Å². The fourth-order valence-electron chi connectivity index (χ4n) is 9.54. The number of unbranched alkanes of at least 4 members (excludes halogenated alkanes) is 2. The molecule has 6 atom stereocenters. The van der Waals surface area contributed by atoms with E-state index >= 15 is 0 Å². The summed E-state index contributed by atoms with van der Waals surface area (Å²) in [4.78, 5) is 33.3. The van der Waals surface area contributed by atoms with E-state index in [0.717, 1.165) is 42.4 Å². The zero-order valence-corrected chi connectivity index (χ0v) is 36.6. The number of ether oxygens (including phenoxy) is 6. The number of carbonyl (C=O) groups is 1. The fourth-order valence-corrected chi connectivity index (χ4v) is 9.62. The highest BCUT2D eigenvalue weighted by molar-refractivity contribution is 6.18. The van der Waals surface area contributed by atoms with Gasteiger partial charge in [0.15, 0.2) is 11.5 Å². The summed E-state index contributed by atoms with van der Waals surface area (Å²) in [5.74, 6) is -0.0698. The first-order valence-electron chi connectivity index (χ1n) is 21.8. The molecule has 2 heterocycles. The van der Waals surface area contributed by atoms with E-state index in [9.17, 15) is 25.1 Å². The number of hydrogen-bond donors (Lipinski definition) is 2. The highest BCUT2D eigenvalue weighted by Gasteiger charge is 2.65. The van der Waals surface area contributed by atoms with Gasteiger partial charge in [-0.15, -0.1) is 18.2 Å². The molecule has 4 aliphatic rings. The van der Waals surface area contributed by atoms with E-state index < -0.39 is 28.8 Å². The van der Waals surface area contributed by atoms with E-state index in [1.165, 1.54) is 12.1 Å². The molecule has 0 aromatic heterocycles. The van der Waals surface area contributed by atoms with Crippen LogP contribution in [0.15, 0.2) is 103 Å². The van der Waals surface area contributed by atoms with Crippen molar-refractivity contribution in [1.82, 2.24) is 4.90 Å². The molecule has 0 unspecified atom stereocenters. The highest BCUT2D eigenvalue weighted by Crippen LogP contribution is 2.62. The molecule has 2 N–H and O–H groups in total. The molecule has 64 heavy (non-hydrogen) atoms. The van der Waals surface area contributed by atoms with Gasteiger partial charge < -0.3 is 43.5 Å². The molecule has 1 saturated carbocycles. The van der Waals surface area contributed by atoms with E-state index in [2.05, 4.69) is 19.2 Å². The van der Waals surface area contributed by atoms with Crippen LogP contribution in [0.5, 0.6) is 23.0 Å². The summed E-state index contributed by atoms with van der Waals surface area (Å²) in [6, 6.07) is 16.4. The van der Waals surface area contributed by atoms with Crippen LogP contribution in [0, 0.1) is 27.9 Å². The number of aliphatic hydroxyl groups excluding tert-OH is 2. The van der Waals surface area contributed by atoms with Crippen molar-refractivity contribution in [2.75, 3.05) is 45.7 Å². The Morgan fingerprint density at radius 2 is 1.69 bits per heavy atom. The van der Waals surface area contributed by atoms with Crippen LogP contribution in [0.4, 0.5) is 10.5 Å². The van der Waals surface area contributed by atoms with Crippen LogP contribution in [0.25, 0.3) is 0 Å². The van der Waals surface area contributed by atoms with Gasteiger partial charge in [-0.1, -0.05) is 48.9 Å². The Kier molecular flexibility index (Phi) is 15.8. The van der Waals surface area contributed by atoms with E-state index in [1.807, 2.05) is 30.3 Å². The first-order valence-corrected chi connectivity index (χ1v) is 22.3. The SMILES string of the molecule is C=CCOc1ccc2c(c1)[C@H]1[C@H](CCCCO)[C@@H](CCCCO)C=C3C(=NOCc4ccc([N+](=O)[O-])cc4)C[C@H](N(Cc4ccc5c(c4)OCO5)C(=O)OCCCl)[C@@](OCC=C)(O2)[C@H]31. The number of oxime groups is 1. The number of benzene rings is 3. The van der Waals surface area contributed by atoms with Gasteiger partial charge in [0, 0.05) is 49.8 Å². The van der Waals surface area contributed by atoms with Gasteiger partial charge in [-0.2, -0.15) is 0 Å². The number of halogens is 1. The maximum absolute atomic E-state index is 14.6. The molecular weight excluding hydrogens is 846 g/mol. The molecule has 0 spiro atoms. The number of carbonyl (C=O) groups excluding carboxylic acids is 1. The van der Waals surface area contributed by atoms with Crippen molar-refractivity contribution in [1.29, 1.82) is 0 Å². The zero-order chi connectivity index (χ0) is 45.1. The summed E-state index contributed by atoms with van der Waals surface area (Å²) in [5, 5.41) is 36.1. The Morgan fingerprint density at radius 3 is 2.42 bits per heavy atom. The van der Waals surface area contributed by atoms with Crippen LogP contribution < -0.4 is 18.9 Å². The number of fused-ring (bicyclic) bond motifs is 3. The minimum absolute atomic E-state index is 0.00265. The van der Waals surface area contributed by atoms with Gasteiger partial charge in [0.25, 0.3) is 5.69 Å². The summed E-state index contributed by atoms with van der Waals surface area (Å²) in [6.07, 6.45) is 9.30. The quantitative estimate of drug-likeness (QED) is 0.0305. The zero-order valence-electron chi connectivity index (χ0n) is 35.8. The molecule has 0 bridgehead atoms. The average molecular weight is 902 g/mol. The van der Waals surface area contributed by atoms with Crippen molar-refractivity contribution >= 4 is 29.1 Å². The Morgan fingerprint density at radius 1 is 0.953 bits per heavy atom. The van der Waals surface area contributed by atoms with Crippen LogP contribution in [-0.4, -0.2) is 89.4 Å². The maximum Gasteiger partial charge on any atom is 0.410 e. The van der Waals surface area contributed by atoms with Crippen LogP contribution in [0.3, 0.4) is 0 Å². The molecule has 2 aliphatic heterocycles. The predicted octanol–water partition coefficient (Wildman–Crippen LogP) is 8.60. The molecule has 3 aromatic carbocycles. The first kappa shape index (κ1) is 46.4. The average Bonchev–Trinajstić information content (AvgIpc) is 3.78. The molecule has 2 aliphatic carbocycles. The predicted molar refractivity (Wildman–Crippen MR) is 239 cm³/mol. The van der Waals surface area contributed by atoms with E-state index in [0.29, 0.717) is 53.7 Å². The fraction of sp³-hybridized carbons (Fsp3) is 0.458. The smallest absolute Gasteiger partial charge is 0.410 e. The lowest BCUT2D eigenvalue weighted by atomic mass is 9.55. The number of amides is 1. The second-order valence-electron chi connectivity index (χ2n) is 16.2. The summed E-state index contributed by atoms with van der Waals surface area (Å²) < 4.78 is 37.7. The van der Waals surface area contributed by atoms with E-state index in [1.54, 1.807) is 35.3 Å². The third-order valence-corrected chi connectivity index (χ3v) is 12.4. The van der Waals surface area contributed by atoms with Crippen molar-refractivity contribution in [3.63, 3.8) is 0 Å². The van der Waals surface area contributed by atoms with Crippen molar-refractivity contribution < 1.29 is 53.2 Å². The molecule has 15 nitrogen and oxygen atoms in total. The van der Waals surface area contributed by atoms with Gasteiger partial charge in [-0.05, 0) is 96.7 Å². The van der Waals surface area contributed by atoms with Crippen LogP contribution in [-0.2, 0) is 27.5 Å². The number of rotatable bonds is 23. The lowest BCUT2D eigenvalue weighted by Gasteiger charge is -2.59. The molecule has 1 amide bonds. The molecule has 1 fully saturated rings. The largest absolute Gasteiger partial charge is 0.490 e. The first-order chi connectivity index (χ1) is 31.2. The van der Waals surface area contributed by atoms with Gasteiger partial charge in [-0.3, -0.25) is 15.0 Å². The summed E-state index contributed by atoms with van der Waals surface area (Å²) in [6.45, 7) is 8.39. The number of non-ortho nitro benzene ring substituents is 1. The Hall–Kier alpha value is -5.61. The summed E-state index contributed by atoms with van der Waals surface area (Å²) in [7, 11) is 0. The lowest BCUT2D eigenvalue weighted by Crippen LogP contribution is -2.70. The Bertz CT molecular complexity index is 2180. The number of nitro benzene ring substituents is 1. The van der Waals surface area contributed by atoms with Crippen LogP contribution >= 0.6 is 11.6 Å². The number of allylic oxidation sites excluding steroid dienone is 1. The van der Waals surface area contributed by atoms with Crippen LogP contribution in [0.2, 0.25) is 0 Å². The topological polar surface area (TPSA) is 181 Å². The van der Waals surface area contributed by atoms with E-state index in [4.69, 9.17) is 50.0 Å². The minimum Gasteiger partial charge on any atom is -0.490 e. The molecule has 7 rings (SSSR count). The second-order valence-corrected chi connectivity index (χ2v) is 16.6. The number of nitrogens with zero attached hydrogens (tertiary/aromatic N) is 3. The lowest BCUT2D eigenvalue weighted by molar-refractivity contribution is -0.384. The molecular formula is C48H56ClN3O12.